The van der Waals surface area contributed by atoms with Crippen LogP contribution in [0.4, 0.5) is 4.39 Å². The van der Waals surface area contributed by atoms with Crippen molar-refractivity contribution in [1.82, 2.24) is 0 Å². The van der Waals surface area contributed by atoms with Crippen molar-refractivity contribution in [3.8, 4) is 0 Å². The van der Waals surface area contributed by atoms with Crippen LogP contribution in [-0.2, 0) is 11.2 Å². The van der Waals surface area contributed by atoms with Crippen LogP contribution in [0, 0.1) is 11.2 Å². The third-order valence-electron chi connectivity index (χ3n) is 3.00. The van der Waals surface area contributed by atoms with Crippen molar-refractivity contribution in [1.29, 1.82) is 0 Å². The van der Waals surface area contributed by atoms with E-state index < -0.39 is 11.2 Å². The highest BCUT2D eigenvalue weighted by Crippen LogP contribution is 2.24. The number of carbonyl (C=O) groups excluding carboxylic acids is 1. The Hall–Kier alpha value is -0.890. The Bertz CT molecular complexity index is 399. The summed E-state index contributed by atoms with van der Waals surface area (Å²) < 4.78 is 13.5. The summed E-state index contributed by atoms with van der Waals surface area (Å²) in [6, 6.07) is 4.41. The minimum absolute atomic E-state index is 0.0521. The normalized spacial score (nSPS) is 11.6. The van der Waals surface area contributed by atoms with Gasteiger partial charge >= 0.3 is 0 Å². The van der Waals surface area contributed by atoms with Crippen molar-refractivity contribution in [2.45, 2.75) is 33.6 Å². The second-order valence-electron chi connectivity index (χ2n) is 4.57. The van der Waals surface area contributed by atoms with Crippen LogP contribution in [0.5, 0.6) is 0 Å². The van der Waals surface area contributed by atoms with E-state index in [-0.39, 0.29) is 12.2 Å². The van der Waals surface area contributed by atoms with Crippen LogP contribution in [0.25, 0.3) is 0 Å². The lowest BCUT2D eigenvalue weighted by Gasteiger charge is -2.20. The number of ketones is 1. The van der Waals surface area contributed by atoms with Gasteiger partial charge in [0.15, 0.2) is 0 Å². The summed E-state index contributed by atoms with van der Waals surface area (Å²) in [5, 5.41) is 0.350. The molecule has 88 valence electrons. The lowest BCUT2D eigenvalue weighted by molar-refractivity contribution is -0.126. The number of rotatable bonds is 4. The molecule has 0 bridgehead atoms. The maximum absolute atomic E-state index is 13.5. The Morgan fingerprint density at radius 3 is 2.56 bits per heavy atom. The molecule has 0 atom stereocenters. The van der Waals surface area contributed by atoms with Crippen LogP contribution in [0.1, 0.15) is 32.8 Å². The van der Waals surface area contributed by atoms with Gasteiger partial charge in [-0.15, -0.1) is 0 Å². The van der Waals surface area contributed by atoms with Gasteiger partial charge in [0.25, 0.3) is 0 Å². The van der Waals surface area contributed by atoms with Gasteiger partial charge in [0.05, 0.1) is 0 Å². The summed E-state index contributed by atoms with van der Waals surface area (Å²) in [6.45, 7) is 5.71. The summed E-state index contributed by atoms with van der Waals surface area (Å²) in [6.07, 6.45) is 0.880. The van der Waals surface area contributed by atoms with E-state index in [1.807, 2.05) is 20.8 Å². The summed E-state index contributed by atoms with van der Waals surface area (Å²) >= 11 is 5.65. The van der Waals surface area contributed by atoms with E-state index in [0.717, 1.165) is 6.42 Å². The molecule has 0 aliphatic rings. The van der Waals surface area contributed by atoms with Gasteiger partial charge in [-0.2, -0.15) is 0 Å². The molecule has 1 aromatic rings. The highest BCUT2D eigenvalue weighted by Gasteiger charge is 2.25. The number of hydrogen-bond donors (Lipinski definition) is 0. The molecule has 1 nitrogen and oxygen atoms in total. The second kappa shape index (κ2) is 4.96. The molecular formula is C13H16ClFO. The molecule has 0 aliphatic heterocycles. The Morgan fingerprint density at radius 2 is 2.06 bits per heavy atom. The smallest absolute Gasteiger partial charge is 0.142 e. The zero-order chi connectivity index (χ0) is 12.3. The molecule has 0 saturated carbocycles. The molecule has 0 heterocycles. The lowest BCUT2D eigenvalue weighted by atomic mass is 9.82. The first-order valence-corrected chi connectivity index (χ1v) is 5.72. The van der Waals surface area contributed by atoms with E-state index in [2.05, 4.69) is 0 Å². The molecule has 0 amide bonds. The van der Waals surface area contributed by atoms with Gasteiger partial charge in [0, 0.05) is 16.9 Å². The molecule has 16 heavy (non-hydrogen) atoms. The highest BCUT2D eigenvalue weighted by molar-refractivity contribution is 6.30. The molecule has 0 spiro atoms. The Kier molecular flexibility index (Phi) is 4.09. The minimum atomic E-state index is -0.409. The van der Waals surface area contributed by atoms with Crippen LogP contribution in [0.15, 0.2) is 18.2 Å². The van der Waals surface area contributed by atoms with Gasteiger partial charge in [-0.05, 0) is 24.1 Å². The predicted octanol–water partition coefficient (Wildman–Crippen LogP) is 4.03. The van der Waals surface area contributed by atoms with Gasteiger partial charge in [-0.3, -0.25) is 4.79 Å². The second-order valence-corrected chi connectivity index (χ2v) is 5.01. The average molecular weight is 243 g/mol. The number of benzene rings is 1. The van der Waals surface area contributed by atoms with Crippen molar-refractivity contribution in [2.75, 3.05) is 0 Å². The molecule has 0 fully saturated rings. The molecule has 1 aromatic carbocycles. The molecule has 0 aromatic heterocycles. The van der Waals surface area contributed by atoms with Gasteiger partial charge in [-0.25, -0.2) is 4.39 Å². The van der Waals surface area contributed by atoms with Crippen LogP contribution < -0.4 is 0 Å². The predicted molar refractivity (Wildman–Crippen MR) is 64.2 cm³/mol. The van der Waals surface area contributed by atoms with Gasteiger partial charge in [-0.1, -0.05) is 38.4 Å². The maximum Gasteiger partial charge on any atom is 0.142 e. The number of hydrogen-bond acceptors (Lipinski definition) is 1. The van der Waals surface area contributed by atoms with Gasteiger partial charge in [0.1, 0.15) is 11.6 Å². The first kappa shape index (κ1) is 13.2. The Morgan fingerprint density at radius 1 is 1.44 bits per heavy atom. The fraction of sp³-hybridized carbons (Fsp3) is 0.462. The summed E-state index contributed by atoms with van der Waals surface area (Å²) in [5.74, 6) is -0.357. The van der Waals surface area contributed by atoms with Crippen LogP contribution in [0.2, 0.25) is 5.02 Å². The van der Waals surface area contributed by atoms with E-state index in [1.165, 1.54) is 6.07 Å². The fourth-order valence-corrected chi connectivity index (χ4v) is 1.43. The van der Waals surface area contributed by atoms with E-state index in [9.17, 15) is 9.18 Å². The molecule has 3 heteroatoms. The Labute approximate surface area is 101 Å². The highest BCUT2D eigenvalue weighted by atomic mass is 35.5. The third kappa shape index (κ3) is 3.05. The van der Waals surface area contributed by atoms with Crippen molar-refractivity contribution < 1.29 is 9.18 Å². The molecule has 0 saturated heterocycles. The SMILES string of the molecule is CCC(C)(C)C(=O)Cc1ccc(Cl)cc1F. The van der Waals surface area contributed by atoms with Crippen LogP contribution in [0.3, 0.4) is 0 Å². The van der Waals surface area contributed by atoms with Gasteiger partial charge < -0.3 is 0 Å². The lowest BCUT2D eigenvalue weighted by Crippen LogP contribution is -2.25. The van der Waals surface area contributed by atoms with E-state index >= 15 is 0 Å². The van der Waals surface area contributed by atoms with E-state index in [4.69, 9.17) is 11.6 Å². The molecule has 1 rings (SSSR count). The summed E-state index contributed by atoms with van der Waals surface area (Å²) in [7, 11) is 0. The molecule has 0 unspecified atom stereocenters. The van der Waals surface area contributed by atoms with Crippen LogP contribution in [-0.4, -0.2) is 5.78 Å². The summed E-state index contributed by atoms with van der Waals surface area (Å²) in [5.41, 5.74) is 0.0161. The van der Waals surface area contributed by atoms with E-state index in [1.54, 1.807) is 12.1 Å². The molecule has 0 aliphatic carbocycles. The summed E-state index contributed by atoms with van der Waals surface area (Å²) in [4.78, 5) is 11.9. The quantitative estimate of drug-likeness (QED) is 0.779. The first-order chi connectivity index (χ1) is 7.36. The third-order valence-corrected chi connectivity index (χ3v) is 3.24. The standard InChI is InChI=1S/C13H16ClFO/c1-4-13(2,3)12(16)7-9-5-6-10(14)8-11(9)15/h5-6,8H,4,7H2,1-3H3. The zero-order valence-electron chi connectivity index (χ0n) is 9.81. The monoisotopic (exact) mass is 242 g/mol. The fourth-order valence-electron chi connectivity index (χ4n) is 1.27. The topological polar surface area (TPSA) is 17.1 Å². The number of carbonyl (C=O) groups is 1. The van der Waals surface area contributed by atoms with E-state index in [0.29, 0.717) is 10.6 Å². The van der Waals surface area contributed by atoms with Gasteiger partial charge in [0.2, 0.25) is 0 Å². The van der Waals surface area contributed by atoms with Crippen molar-refractivity contribution in [3.05, 3.63) is 34.6 Å². The number of halogens is 2. The zero-order valence-corrected chi connectivity index (χ0v) is 10.6. The largest absolute Gasteiger partial charge is 0.299 e. The average Bonchev–Trinajstić information content (AvgIpc) is 2.22. The van der Waals surface area contributed by atoms with Crippen molar-refractivity contribution in [2.24, 2.45) is 5.41 Å². The molecular weight excluding hydrogens is 227 g/mol. The van der Waals surface area contributed by atoms with Crippen molar-refractivity contribution >= 4 is 17.4 Å². The number of Topliss-reactive ketones (excluding diaryl/α,β-unsaturated/α-hetero) is 1. The minimum Gasteiger partial charge on any atom is -0.299 e. The first-order valence-electron chi connectivity index (χ1n) is 5.34. The Balaban J connectivity index is 2.85. The maximum atomic E-state index is 13.5. The molecule has 0 radical (unpaired) electrons. The van der Waals surface area contributed by atoms with Crippen LogP contribution >= 0.6 is 11.6 Å². The van der Waals surface area contributed by atoms with Crippen molar-refractivity contribution in [3.63, 3.8) is 0 Å². The molecule has 0 N–H and O–H groups in total.